The van der Waals surface area contributed by atoms with Crippen LogP contribution in [-0.4, -0.2) is 35.9 Å². The highest BCUT2D eigenvalue weighted by molar-refractivity contribution is 5.55. The van der Waals surface area contributed by atoms with Crippen molar-refractivity contribution in [3.63, 3.8) is 0 Å². The Morgan fingerprint density at radius 1 is 1.50 bits per heavy atom. The predicted molar refractivity (Wildman–Crippen MR) is 57.5 cm³/mol. The van der Waals surface area contributed by atoms with Crippen LogP contribution in [0.25, 0.3) is 0 Å². The molecule has 1 atom stereocenters. The Kier molecular flexibility index (Phi) is 3.40. The van der Waals surface area contributed by atoms with Gasteiger partial charge in [0.2, 0.25) is 11.8 Å². The maximum absolute atomic E-state index is 5.83. The van der Waals surface area contributed by atoms with Crippen LogP contribution in [0.15, 0.2) is 6.33 Å². The Labute approximate surface area is 93.7 Å². The average molecular weight is 225 g/mol. The number of hydrogen-bond donors (Lipinski definition) is 1. The predicted octanol–water partition coefficient (Wildman–Crippen LogP) is 0.625. The van der Waals surface area contributed by atoms with Gasteiger partial charge in [-0.15, -0.1) is 0 Å². The van der Waals surface area contributed by atoms with Gasteiger partial charge in [0.1, 0.15) is 12.4 Å². The zero-order chi connectivity index (χ0) is 11.4. The zero-order valence-electron chi connectivity index (χ0n) is 9.18. The van der Waals surface area contributed by atoms with E-state index in [0.29, 0.717) is 37.3 Å². The lowest BCUT2D eigenvalue weighted by molar-refractivity contribution is 0.138. The van der Waals surface area contributed by atoms with Gasteiger partial charge in [-0.1, -0.05) is 0 Å². The molecule has 1 aliphatic rings. The van der Waals surface area contributed by atoms with Crippen molar-refractivity contribution in [1.29, 1.82) is 0 Å². The first-order valence-corrected chi connectivity index (χ1v) is 5.29. The molecule has 88 valence electrons. The molecule has 16 heavy (non-hydrogen) atoms. The maximum Gasteiger partial charge on any atom is 0.244 e. The fourth-order valence-corrected chi connectivity index (χ4v) is 1.47. The molecular formula is C10H15N3O3. The third-order valence-electron chi connectivity index (χ3n) is 2.26. The van der Waals surface area contributed by atoms with Crippen molar-refractivity contribution in [3.8, 4) is 11.8 Å². The first kappa shape index (κ1) is 10.9. The molecule has 1 fully saturated rings. The van der Waals surface area contributed by atoms with Gasteiger partial charge in [0, 0.05) is 6.42 Å². The van der Waals surface area contributed by atoms with E-state index in [9.17, 15) is 0 Å². The summed E-state index contributed by atoms with van der Waals surface area (Å²) in [5, 5.41) is 0. The van der Waals surface area contributed by atoms with E-state index in [1.807, 2.05) is 6.92 Å². The minimum atomic E-state index is 0.0201. The molecule has 2 heterocycles. The van der Waals surface area contributed by atoms with E-state index in [4.69, 9.17) is 19.9 Å². The number of hydrogen-bond acceptors (Lipinski definition) is 6. The average Bonchev–Trinajstić information content (AvgIpc) is 2.77. The molecule has 0 saturated carbocycles. The molecule has 1 aromatic rings. The van der Waals surface area contributed by atoms with Gasteiger partial charge < -0.3 is 19.9 Å². The second-order valence-corrected chi connectivity index (χ2v) is 3.43. The van der Waals surface area contributed by atoms with Crippen molar-refractivity contribution in [2.24, 2.45) is 0 Å². The lowest BCUT2D eigenvalue weighted by Crippen LogP contribution is -2.17. The van der Waals surface area contributed by atoms with E-state index in [1.165, 1.54) is 6.33 Å². The fraction of sp³-hybridized carbons (Fsp3) is 0.600. The summed E-state index contributed by atoms with van der Waals surface area (Å²) in [5.41, 5.74) is 6.18. The van der Waals surface area contributed by atoms with Crippen molar-refractivity contribution >= 4 is 5.69 Å². The second-order valence-electron chi connectivity index (χ2n) is 3.43. The SMILES string of the molecule is CCOc1ncnc(OC2CCOC2)c1N. The minimum absolute atomic E-state index is 0.0201. The molecule has 0 aliphatic carbocycles. The normalized spacial score (nSPS) is 19.7. The van der Waals surface area contributed by atoms with Gasteiger partial charge in [0.15, 0.2) is 5.69 Å². The number of nitrogen functional groups attached to an aromatic ring is 1. The molecule has 0 bridgehead atoms. The lowest BCUT2D eigenvalue weighted by Gasteiger charge is -2.13. The van der Waals surface area contributed by atoms with Gasteiger partial charge in [0.25, 0.3) is 0 Å². The summed E-state index contributed by atoms with van der Waals surface area (Å²) in [5.74, 6) is 0.736. The van der Waals surface area contributed by atoms with E-state index < -0.39 is 0 Å². The van der Waals surface area contributed by atoms with Crippen LogP contribution in [0, 0.1) is 0 Å². The van der Waals surface area contributed by atoms with Crippen LogP contribution in [0.2, 0.25) is 0 Å². The zero-order valence-corrected chi connectivity index (χ0v) is 9.18. The Morgan fingerprint density at radius 3 is 3.00 bits per heavy atom. The van der Waals surface area contributed by atoms with Crippen LogP contribution >= 0.6 is 0 Å². The second kappa shape index (κ2) is 4.98. The number of rotatable bonds is 4. The number of nitrogens with two attached hydrogens (primary N) is 1. The summed E-state index contributed by atoms with van der Waals surface area (Å²) < 4.78 is 16.1. The van der Waals surface area contributed by atoms with Gasteiger partial charge >= 0.3 is 0 Å². The molecule has 0 radical (unpaired) electrons. The summed E-state index contributed by atoms with van der Waals surface area (Å²) in [6, 6.07) is 0. The van der Waals surface area contributed by atoms with Crippen molar-refractivity contribution < 1.29 is 14.2 Å². The van der Waals surface area contributed by atoms with Gasteiger partial charge in [-0.2, -0.15) is 9.97 Å². The Bertz CT molecular complexity index is 353. The molecule has 0 aromatic carbocycles. The lowest BCUT2D eigenvalue weighted by atomic mass is 10.3. The summed E-state index contributed by atoms with van der Waals surface area (Å²) >= 11 is 0. The molecule has 1 aliphatic heterocycles. The highest BCUT2D eigenvalue weighted by Crippen LogP contribution is 2.28. The van der Waals surface area contributed by atoms with Crippen LogP contribution in [0.4, 0.5) is 5.69 Å². The molecule has 2 rings (SSSR count). The van der Waals surface area contributed by atoms with Gasteiger partial charge in [-0.25, -0.2) is 0 Å². The molecule has 6 nitrogen and oxygen atoms in total. The van der Waals surface area contributed by atoms with E-state index in [-0.39, 0.29) is 6.10 Å². The largest absolute Gasteiger partial charge is 0.476 e. The monoisotopic (exact) mass is 225 g/mol. The molecule has 0 amide bonds. The summed E-state index contributed by atoms with van der Waals surface area (Å²) in [4.78, 5) is 7.92. The molecule has 0 spiro atoms. The standard InChI is InChI=1S/C10H15N3O3/c1-2-15-9-8(11)10(13-6-12-9)16-7-3-4-14-5-7/h6-7H,2-5,11H2,1H3. The highest BCUT2D eigenvalue weighted by atomic mass is 16.6. The first-order chi connectivity index (χ1) is 7.81. The van der Waals surface area contributed by atoms with Crippen LogP contribution < -0.4 is 15.2 Å². The molecule has 6 heteroatoms. The Morgan fingerprint density at radius 2 is 2.31 bits per heavy atom. The summed E-state index contributed by atoms with van der Waals surface area (Å²) in [6.07, 6.45) is 2.26. The highest BCUT2D eigenvalue weighted by Gasteiger charge is 2.20. The molecular weight excluding hydrogens is 210 g/mol. The van der Waals surface area contributed by atoms with E-state index in [0.717, 1.165) is 6.42 Å². The fourth-order valence-electron chi connectivity index (χ4n) is 1.47. The number of anilines is 1. The minimum Gasteiger partial charge on any atom is -0.476 e. The molecule has 1 unspecified atom stereocenters. The molecule has 1 saturated heterocycles. The van der Waals surface area contributed by atoms with Crippen LogP contribution in [0.3, 0.4) is 0 Å². The van der Waals surface area contributed by atoms with Crippen molar-refractivity contribution in [3.05, 3.63) is 6.33 Å². The Balaban J connectivity index is 2.10. The topological polar surface area (TPSA) is 79.5 Å². The van der Waals surface area contributed by atoms with Crippen molar-refractivity contribution in [2.75, 3.05) is 25.6 Å². The quantitative estimate of drug-likeness (QED) is 0.809. The third kappa shape index (κ3) is 2.33. The van der Waals surface area contributed by atoms with Crippen LogP contribution in [0.5, 0.6) is 11.8 Å². The number of aromatic nitrogens is 2. The van der Waals surface area contributed by atoms with Crippen LogP contribution in [0.1, 0.15) is 13.3 Å². The smallest absolute Gasteiger partial charge is 0.244 e. The van der Waals surface area contributed by atoms with Crippen LogP contribution in [-0.2, 0) is 4.74 Å². The first-order valence-electron chi connectivity index (χ1n) is 5.29. The summed E-state index contributed by atoms with van der Waals surface area (Å²) in [7, 11) is 0. The maximum atomic E-state index is 5.83. The van der Waals surface area contributed by atoms with Gasteiger partial charge in [0.05, 0.1) is 19.8 Å². The van der Waals surface area contributed by atoms with E-state index in [2.05, 4.69) is 9.97 Å². The van der Waals surface area contributed by atoms with Gasteiger partial charge in [-0.05, 0) is 6.92 Å². The Hall–Kier alpha value is -1.56. The number of nitrogens with zero attached hydrogens (tertiary/aromatic N) is 2. The number of ether oxygens (including phenoxy) is 3. The van der Waals surface area contributed by atoms with Crippen molar-refractivity contribution in [2.45, 2.75) is 19.4 Å². The third-order valence-corrected chi connectivity index (χ3v) is 2.26. The van der Waals surface area contributed by atoms with Gasteiger partial charge in [-0.3, -0.25) is 0 Å². The summed E-state index contributed by atoms with van der Waals surface area (Å²) in [6.45, 7) is 3.67. The van der Waals surface area contributed by atoms with E-state index >= 15 is 0 Å². The molecule has 1 aromatic heterocycles. The van der Waals surface area contributed by atoms with Crippen molar-refractivity contribution in [1.82, 2.24) is 9.97 Å². The van der Waals surface area contributed by atoms with E-state index in [1.54, 1.807) is 0 Å². The molecule has 2 N–H and O–H groups in total.